The van der Waals surface area contributed by atoms with Crippen LogP contribution in [0.1, 0.15) is 29.6 Å². The van der Waals surface area contributed by atoms with Crippen molar-refractivity contribution in [1.82, 2.24) is 14.8 Å². The molecule has 0 saturated heterocycles. The van der Waals surface area contributed by atoms with Crippen molar-refractivity contribution < 1.29 is 4.74 Å². The van der Waals surface area contributed by atoms with E-state index in [1.54, 1.807) is 13.4 Å². The molecular formula is C18H17BrN4O. The van der Waals surface area contributed by atoms with Crippen molar-refractivity contribution in [2.45, 2.75) is 18.5 Å². The van der Waals surface area contributed by atoms with Gasteiger partial charge in [0.05, 0.1) is 19.2 Å². The van der Waals surface area contributed by atoms with Crippen molar-refractivity contribution in [3.63, 3.8) is 0 Å². The number of methoxy groups -OCH3 is 1. The van der Waals surface area contributed by atoms with Gasteiger partial charge in [0.25, 0.3) is 0 Å². The molecule has 1 aliphatic heterocycles. The van der Waals surface area contributed by atoms with Gasteiger partial charge < -0.3 is 10.1 Å². The second kappa shape index (κ2) is 6.28. The van der Waals surface area contributed by atoms with Crippen molar-refractivity contribution in [1.29, 1.82) is 0 Å². The molecule has 122 valence electrons. The Morgan fingerprint density at radius 2 is 1.79 bits per heavy atom. The molecule has 0 radical (unpaired) electrons. The van der Waals surface area contributed by atoms with Gasteiger partial charge in [0.15, 0.2) is 0 Å². The molecule has 1 aliphatic rings. The number of hydrogen-bond acceptors (Lipinski definition) is 4. The van der Waals surface area contributed by atoms with Crippen LogP contribution in [0, 0.1) is 0 Å². The average molecular weight is 385 g/mol. The molecule has 1 N–H and O–H groups in total. The molecule has 3 aromatic rings. The molecule has 0 saturated carbocycles. The summed E-state index contributed by atoms with van der Waals surface area (Å²) in [6, 6.07) is 16.9. The summed E-state index contributed by atoms with van der Waals surface area (Å²) in [6.45, 7) is 0. The molecule has 0 unspecified atom stereocenters. The first-order valence-electron chi connectivity index (χ1n) is 7.80. The van der Waals surface area contributed by atoms with Crippen LogP contribution in [0.2, 0.25) is 0 Å². The number of ether oxygens (including phenoxy) is 1. The minimum Gasteiger partial charge on any atom is -0.497 e. The van der Waals surface area contributed by atoms with Crippen molar-refractivity contribution in [3.8, 4) is 5.75 Å². The summed E-state index contributed by atoms with van der Waals surface area (Å²) >= 11 is 3.50. The first kappa shape index (κ1) is 15.2. The molecule has 0 fully saturated rings. The lowest BCUT2D eigenvalue weighted by Crippen LogP contribution is -2.28. The number of aromatic nitrogens is 3. The topological polar surface area (TPSA) is 52.0 Å². The average Bonchev–Trinajstić information content (AvgIpc) is 3.10. The molecule has 0 bridgehead atoms. The Kier molecular flexibility index (Phi) is 3.98. The van der Waals surface area contributed by atoms with Gasteiger partial charge >= 0.3 is 0 Å². The molecule has 2 heterocycles. The molecule has 2 aromatic carbocycles. The summed E-state index contributed by atoms with van der Waals surface area (Å²) in [7, 11) is 1.68. The number of hydrogen-bond donors (Lipinski definition) is 1. The fourth-order valence-electron chi connectivity index (χ4n) is 3.14. The largest absolute Gasteiger partial charge is 0.497 e. The second-order valence-electron chi connectivity index (χ2n) is 5.80. The third-order valence-corrected chi connectivity index (χ3v) is 4.93. The van der Waals surface area contributed by atoms with Crippen molar-refractivity contribution in [2.24, 2.45) is 0 Å². The maximum Gasteiger partial charge on any atom is 0.222 e. The molecule has 24 heavy (non-hydrogen) atoms. The molecule has 2 atom stereocenters. The van der Waals surface area contributed by atoms with E-state index in [2.05, 4.69) is 67.7 Å². The first-order valence-corrected chi connectivity index (χ1v) is 8.59. The molecule has 0 spiro atoms. The predicted octanol–water partition coefficient (Wildman–Crippen LogP) is 4.20. The standard InChI is InChI=1S/C18H17BrN4O/c1-24-15-8-4-12(5-9-15)16-10-17(13-2-6-14(19)7-3-13)23-18(22-16)20-11-21-23/h2-9,11,16-17H,10H2,1H3,(H,20,21,22)/t16-,17-/m0/s1. The lowest BCUT2D eigenvalue weighted by Gasteiger charge is -2.31. The lowest BCUT2D eigenvalue weighted by atomic mass is 9.93. The van der Waals surface area contributed by atoms with Gasteiger partial charge in [-0.3, -0.25) is 0 Å². The van der Waals surface area contributed by atoms with Crippen LogP contribution >= 0.6 is 15.9 Å². The smallest absolute Gasteiger partial charge is 0.222 e. The summed E-state index contributed by atoms with van der Waals surface area (Å²) in [5.74, 6) is 1.66. The maximum atomic E-state index is 5.25. The predicted molar refractivity (Wildman–Crippen MR) is 96.3 cm³/mol. The van der Waals surface area contributed by atoms with Gasteiger partial charge in [-0.25, -0.2) is 4.68 Å². The highest BCUT2D eigenvalue weighted by molar-refractivity contribution is 9.10. The van der Waals surface area contributed by atoms with Crippen molar-refractivity contribution in [2.75, 3.05) is 12.4 Å². The van der Waals surface area contributed by atoms with Gasteiger partial charge in [0.2, 0.25) is 5.95 Å². The quantitative estimate of drug-likeness (QED) is 0.735. The van der Waals surface area contributed by atoms with E-state index in [1.165, 1.54) is 11.1 Å². The zero-order chi connectivity index (χ0) is 16.5. The molecule has 0 aliphatic carbocycles. The lowest BCUT2D eigenvalue weighted by molar-refractivity contribution is 0.413. The number of anilines is 1. The van der Waals surface area contributed by atoms with Crippen LogP contribution in [-0.4, -0.2) is 21.9 Å². The van der Waals surface area contributed by atoms with Crippen LogP contribution < -0.4 is 10.1 Å². The fourth-order valence-corrected chi connectivity index (χ4v) is 3.40. The van der Waals surface area contributed by atoms with Gasteiger partial charge in [0, 0.05) is 4.47 Å². The highest BCUT2D eigenvalue weighted by atomic mass is 79.9. The zero-order valence-electron chi connectivity index (χ0n) is 13.2. The number of rotatable bonds is 3. The molecule has 6 heteroatoms. The van der Waals surface area contributed by atoms with Gasteiger partial charge in [-0.2, -0.15) is 10.1 Å². The van der Waals surface area contributed by atoms with Gasteiger partial charge in [0.1, 0.15) is 12.1 Å². The SMILES string of the molecule is COc1ccc([C@@H]2C[C@@H](c3ccc(Br)cc3)n3ncnc3N2)cc1. The van der Waals surface area contributed by atoms with E-state index in [9.17, 15) is 0 Å². The minimum absolute atomic E-state index is 0.156. The number of nitrogens with zero attached hydrogens (tertiary/aromatic N) is 3. The van der Waals surface area contributed by atoms with Gasteiger partial charge in [-0.1, -0.05) is 40.2 Å². The Hall–Kier alpha value is -2.34. The van der Waals surface area contributed by atoms with Crippen LogP contribution in [0.3, 0.4) is 0 Å². The van der Waals surface area contributed by atoms with E-state index in [0.717, 1.165) is 22.6 Å². The Morgan fingerprint density at radius 1 is 1.08 bits per heavy atom. The minimum atomic E-state index is 0.156. The first-order chi connectivity index (χ1) is 11.7. The second-order valence-corrected chi connectivity index (χ2v) is 6.72. The summed E-state index contributed by atoms with van der Waals surface area (Å²) < 4.78 is 8.29. The van der Waals surface area contributed by atoms with Crippen LogP contribution in [0.25, 0.3) is 0 Å². The number of nitrogens with one attached hydrogen (secondary N) is 1. The third kappa shape index (κ3) is 2.78. The number of halogens is 1. The Labute approximate surface area is 148 Å². The molecule has 4 rings (SSSR count). The summed E-state index contributed by atoms with van der Waals surface area (Å²) in [6.07, 6.45) is 2.51. The third-order valence-electron chi connectivity index (χ3n) is 4.40. The van der Waals surface area contributed by atoms with Crippen LogP contribution in [-0.2, 0) is 0 Å². The highest BCUT2D eigenvalue weighted by Crippen LogP contribution is 2.37. The van der Waals surface area contributed by atoms with E-state index < -0.39 is 0 Å². The Balaban J connectivity index is 1.68. The molecule has 1 aromatic heterocycles. The van der Waals surface area contributed by atoms with E-state index in [0.29, 0.717) is 0 Å². The maximum absolute atomic E-state index is 5.25. The summed E-state index contributed by atoms with van der Waals surface area (Å²) in [5.41, 5.74) is 2.44. The monoisotopic (exact) mass is 384 g/mol. The van der Waals surface area contributed by atoms with E-state index in [-0.39, 0.29) is 12.1 Å². The van der Waals surface area contributed by atoms with E-state index in [1.807, 2.05) is 16.8 Å². The fraction of sp³-hybridized carbons (Fsp3) is 0.222. The van der Waals surface area contributed by atoms with Crippen molar-refractivity contribution in [3.05, 3.63) is 70.5 Å². The molecule has 0 amide bonds. The van der Waals surface area contributed by atoms with Crippen LogP contribution in [0.15, 0.2) is 59.3 Å². The summed E-state index contributed by atoms with van der Waals surface area (Å²) in [4.78, 5) is 4.37. The molecular weight excluding hydrogens is 368 g/mol. The Bertz CT molecular complexity index is 829. The summed E-state index contributed by atoms with van der Waals surface area (Å²) in [5, 5.41) is 7.88. The highest BCUT2D eigenvalue weighted by Gasteiger charge is 2.29. The van der Waals surface area contributed by atoms with Crippen LogP contribution in [0.4, 0.5) is 5.95 Å². The van der Waals surface area contributed by atoms with Crippen molar-refractivity contribution >= 4 is 21.9 Å². The molecule has 5 nitrogen and oxygen atoms in total. The number of fused-ring (bicyclic) bond motifs is 1. The van der Waals surface area contributed by atoms with E-state index >= 15 is 0 Å². The van der Waals surface area contributed by atoms with Gasteiger partial charge in [-0.15, -0.1) is 0 Å². The zero-order valence-corrected chi connectivity index (χ0v) is 14.8. The number of benzene rings is 2. The van der Waals surface area contributed by atoms with E-state index in [4.69, 9.17) is 4.74 Å². The van der Waals surface area contributed by atoms with Crippen LogP contribution in [0.5, 0.6) is 5.75 Å². The van der Waals surface area contributed by atoms with Gasteiger partial charge in [-0.05, 0) is 41.8 Å². The Morgan fingerprint density at radius 3 is 2.50 bits per heavy atom. The normalized spacial score (nSPS) is 19.4.